The van der Waals surface area contributed by atoms with Crippen molar-refractivity contribution in [3.05, 3.63) is 61.5 Å². The maximum Gasteiger partial charge on any atom is 0.260 e. The summed E-state index contributed by atoms with van der Waals surface area (Å²) >= 11 is 7.81. The molecule has 1 N–H and O–H groups in total. The summed E-state index contributed by atoms with van der Waals surface area (Å²) in [5, 5.41) is 1.47. The number of fused-ring (bicyclic) bond motifs is 3. The minimum absolute atomic E-state index is 0.0341. The molecule has 0 amide bonds. The van der Waals surface area contributed by atoms with Crippen LogP contribution in [0.15, 0.2) is 29.1 Å². The monoisotopic (exact) mass is 342 g/mol. The van der Waals surface area contributed by atoms with Crippen molar-refractivity contribution in [1.82, 2.24) is 9.97 Å². The number of aromatic nitrogens is 2. The van der Waals surface area contributed by atoms with E-state index >= 15 is 0 Å². The number of benzene rings is 1. The average molecular weight is 343 g/mol. The predicted molar refractivity (Wildman–Crippen MR) is 97.3 cm³/mol. The number of aromatic amines is 1. The molecule has 3 nitrogen and oxygen atoms in total. The molecule has 2 aromatic heterocycles. The van der Waals surface area contributed by atoms with E-state index < -0.39 is 0 Å². The highest BCUT2D eigenvalue weighted by molar-refractivity contribution is 7.18. The Morgan fingerprint density at radius 1 is 1.17 bits per heavy atom. The van der Waals surface area contributed by atoms with E-state index in [-0.39, 0.29) is 5.56 Å². The molecule has 0 atom stereocenters. The molecule has 4 rings (SSSR count). The number of hydrogen-bond acceptors (Lipinski definition) is 3. The first kappa shape index (κ1) is 14.7. The number of hydrogen-bond donors (Lipinski definition) is 1. The van der Waals surface area contributed by atoms with Crippen molar-refractivity contribution in [3.8, 4) is 0 Å². The summed E-state index contributed by atoms with van der Waals surface area (Å²) in [7, 11) is 0. The van der Waals surface area contributed by atoms with Gasteiger partial charge in [-0.25, -0.2) is 4.98 Å². The van der Waals surface area contributed by atoms with Gasteiger partial charge in [-0.15, -0.1) is 11.3 Å². The lowest BCUT2D eigenvalue weighted by Crippen LogP contribution is -2.11. The Balaban J connectivity index is 1.77. The van der Waals surface area contributed by atoms with Crippen LogP contribution < -0.4 is 5.56 Å². The smallest absolute Gasteiger partial charge is 0.260 e. The number of rotatable bonds is 2. The van der Waals surface area contributed by atoms with Crippen molar-refractivity contribution < 1.29 is 0 Å². The van der Waals surface area contributed by atoms with Gasteiger partial charge in [0.15, 0.2) is 0 Å². The summed E-state index contributed by atoms with van der Waals surface area (Å²) in [4.78, 5) is 22.1. The third-order valence-electron chi connectivity index (χ3n) is 4.17. The van der Waals surface area contributed by atoms with Crippen molar-refractivity contribution >= 4 is 45.3 Å². The molecule has 0 bridgehead atoms. The van der Waals surface area contributed by atoms with Gasteiger partial charge in [0.2, 0.25) is 0 Å². The van der Waals surface area contributed by atoms with Crippen molar-refractivity contribution in [3.63, 3.8) is 0 Å². The molecule has 116 valence electrons. The van der Waals surface area contributed by atoms with E-state index in [0.29, 0.717) is 10.8 Å². The molecule has 0 fully saturated rings. The van der Waals surface area contributed by atoms with E-state index in [0.717, 1.165) is 35.0 Å². The number of aryl methyl sites for hydroxylation is 2. The highest BCUT2D eigenvalue weighted by Crippen LogP contribution is 2.33. The Morgan fingerprint density at radius 2 is 2.00 bits per heavy atom. The standard InChI is InChI=1S/C18H15ClN2OS/c19-13-7-3-1-5-11(13)9-10-15-20-17(22)16-12-6-2-4-8-14(12)23-18(16)21-15/h1,3,5,7,9-10H,2,4,6,8H2,(H,20,21,22). The minimum atomic E-state index is -0.0341. The van der Waals surface area contributed by atoms with Gasteiger partial charge in [0.05, 0.1) is 5.39 Å². The first-order valence-corrected chi connectivity index (χ1v) is 8.89. The fourth-order valence-electron chi connectivity index (χ4n) is 3.04. The quantitative estimate of drug-likeness (QED) is 0.734. The summed E-state index contributed by atoms with van der Waals surface area (Å²) in [6.07, 6.45) is 8.11. The Kier molecular flexibility index (Phi) is 3.79. The fraction of sp³-hybridized carbons (Fsp3) is 0.222. The van der Waals surface area contributed by atoms with Crippen LogP contribution in [0.3, 0.4) is 0 Å². The van der Waals surface area contributed by atoms with E-state index in [1.54, 1.807) is 17.4 Å². The summed E-state index contributed by atoms with van der Waals surface area (Å²) in [6.45, 7) is 0. The van der Waals surface area contributed by atoms with Crippen LogP contribution in [0.4, 0.5) is 0 Å². The van der Waals surface area contributed by atoms with Crippen LogP contribution in [-0.2, 0) is 12.8 Å². The van der Waals surface area contributed by atoms with Gasteiger partial charge in [-0.1, -0.05) is 29.8 Å². The number of thiophene rings is 1. The maximum atomic E-state index is 12.5. The number of H-pyrrole nitrogens is 1. The van der Waals surface area contributed by atoms with E-state index in [1.807, 2.05) is 30.3 Å². The molecule has 1 aliphatic carbocycles. The van der Waals surface area contributed by atoms with E-state index in [1.165, 1.54) is 16.9 Å². The number of halogens is 1. The van der Waals surface area contributed by atoms with E-state index in [2.05, 4.69) is 9.97 Å². The van der Waals surface area contributed by atoms with Crippen molar-refractivity contribution in [2.75, 3.05) is 0 Å². The minimum Gasteiger partial charge on any atom is -0.306 e. The van der Waals surface area contributed by atoms with Crippen LogP contribution in [0, 0.1) is 0 Å². The summed E-state index contributed by atoms with van der Waals surface area (Å²) in [6, 6.07) is 7.59. The second kappa shape index (κ2) is 5.95. The molecular weight excluding hydrogens is 328 g/mol. The third-order valence-corrected chi connectivity index (χ3v) is 5.70. The average Bonchev–Trinajstić information content (AvgIpc) is 2.93. The highest BCUT2D eigenvalue weighted by atomic mass is 35.5. The van der Waals surface area contributed by atoms with Crippen molar-refractivity contribution in [2.45, 2.75) is 25.7 Å². The van der Waals surface area contributed by atoms with E-state index in [4.69, 9.17) is 11.6 Å². The first-order valence-electron chi connectivity index (χ1n) is 7.69. The van der Waals surface area contributed by atoms with Gasteiger partial charge in [0.25, 0.3) is 5.56 Å². The molecule has 3 aromatic rings. The zero-order chi connectivity index (χ0) is 15.8. The molecule has 0 spiro atoms. The third kappa shape index (κ3) is 2.73. The van der Waals surface area contributed by atoms with Crippen LogP contribution >= 0.6 is 22.9 Å². The van der Waals surface area contributed by atoms with Crippen LogP contribution in [0.5, 0.6) is 0 Å². The fourth-order valence-corrected chi connectivity index (χ4v) is 4.51. The molecule has 5 heteroatoms. The zero-order valence-electron chi connectivity index (χ0n) is 12.4. The van der Waals surface area contributed by atoms with Crippen molar-refractivity contribution in [1.29, 1.82) is 0 Å². The zero-order valence-corrected chi connectivity index (χ0v) is 14.0. The van der Waals surface area contributed by atoms with Gasteiger partial charge in [-0.3, -0.25) is 4.79 Å². The molecule has 0 radical (unpaired) electrons. The number of nitrogens with one attached hydrogen (secondary N) is 1. The van der Waals surface area contributed by atoms with E-state index in [9.17, 15) is 4.79 Å². The molecule has 0 aliphatic heterocycles. The van der Waals surface area contributed by atoms with Gasteiger partial charge in [0, 0.05) is 9.90 Å². The Bertz CT molecular complexity index is 971. The van der Waals surface area contributed by atoms with Crippen LogP contribution in [0.1, 0.15) is 34.7 Å². The summed E-state index contributed by atoms with van der Waals surface area (Å²) in [5.74, 6) is 0.570. The summed E-state index contributed by atoms with van der Waals surface area (Å²) in [5.41, 5.74) is 2.09. The lowest BCUT2D eigenvalue weighted by atomic mass is 9.97. The normalized spacial score (nSPS) is 14.5. The predicted octanol–water partition coefficient (Wildman–Crippen LogP) is 4.69. The van der Waals surface area contributed by atoms with Gasteiger partial charge in [0.1, 0.15) is 10.7 Å². The van der Waals surface area contributed by atoms with Crippen LogP contribution in [-0.4, -0.2) is 9.97 Å². The molecule has 1 aliphatic rings. The van der Waals surface area contributed by atoms with Gasteiger partial charge in [-0.05, 0) is 55.0 Å². The molecule has 0 saturated carbocycles. The molecule has 23 heavy (non-hydrogen) atoms. The molecular formula is C18H15ClN2OS. The second-order valence-electron chi connectivity index (χ2n) is 5.70. The van der Waals surface area contributed by atoms with Gasteiger partial charge >= 0.3 is 0 Å². The summed E-state index contributed by atoms with van der Waals surface area (Å²) < 4.78 is 0. The molecule has 1 aromatic carbocycles. The van der Waals surface area contributed by atoms with Crippen LogP contribution in [0.2, 0.25) is 5.02 Å². The largest absolute Gasteiger partial charge is 0.306 e. The molecule has 2 heterocycles. The topological polar surface area (TPSA) is 45.8 Å². The molecule has 0 unspecified atom stereocenters. The molecule has 0 saturated heterocycles. The maximum absolute atomic E-state index is 12.5. The Morgan fingerprint density at radius 3 is 2.87 bits per heavy atom. The Hall–Kier alpha value is -1.91. The van der Waals surface area contributed by atoms with Crippen molar-refractivity contribution in [2.24, 2.45) is 0 Å². The first-order chi connectivity index (χ1) is 11.2. The van der Waals surface area contributed by atoms with Gasteiger partial charge < -0.3 is 4.98 Å². The SMILES string of the molecule is O=c1[nH]c(C=Cc2ccccc2Cl)nc2sc3c(c12)CCCC3. The highest BCUT2D eigenvalue weighted by Gasteiger charge is 2.19. The lowest BCUT2D eigenvalue weighted by Gasteiger charge is -2.09. The van der Waals surface area contributed by atoms with Gasteiger partial charge in [-0.2, -0.15) is 0 Å². The lowest BCUT2D eigenvalue weighted by molar-refractivity contribution is 0.700. The number of nitrogens with zero attached hydrogens (tertiary/aromatic N) is 1. The Labute approximate surface area is 142 Å². The van der Waals surface area contributed by atoms with Crippen LogP contribution in [0.25, 0.3) is 22.4 Å². The second-order valence-corrected chi connectivity index (χ2v) is 7.19.